The molecule has 0 saturated heterocycles. The van der Waals surface area contributed by atoms with Gasteiger partial charge in [0.1, 0.15) is 0 Å². The van der Waals surface area contributed by atoms with Gasteiger partial charge in [-0.05, 0) is 36.1 Å². The van der Waals surface area contributed by atoms with Gasteiger partial charge < -0.3 is 5.32 Å². The van der Waals surface area contributed by atoms with Gasteiger partial charge in [-0.15, -0.1) is 21.5 Å². The number of para-hydroxylation sites is 1. The van der Waals surface area contributed by atoms with E-state index in [0.717, 1.165) is 40.8 Å². The van der Waals surface area contributed by atoms with Gasteiger partial charge in [0.05, 0.1) is 11.4 Å². The number of hydrogen-bond acceptors (Lipinski definition) is 7. The number of anilines is 1. The van der Waals surface area contributed by atoms with Crippen molar-refractivity contribution in [2.24, 2.45) is 0 Å². The minimum atomic E-state index is -0.123. The first-order valence-electron chi connectivity index (χ1n) is 10.4. The van der Waals surface area contributed by atoms with Crippen LogP contribution in [-0.4, -0.2) is 30.6 Å². The van der Waals surface area contributed by atoms with E-state index >= 15 is 0 Å². The maximum atomic E-state index is 11.3. The second-order valence-electron chi connectivity index (χ2n) is 7.13. The van der Waals surface area contributed by atoms with Crippen LogP contribution in [0.2, 0.25) is 0 Å². The van der Waals surface area contributed by atoms with Gasteiger partial charge in [0.25, 0.3) is 0 Å². The zero-order valence-electron chi connectivity index (χ0n) is 18.2. The first-order valence-corrected chi connectivity index (χ1v) is 12.3. The standard InChI is InChI=1S/C23H24N6OS2/c1-4-16-8-6-9-17(5-2)20(16)29-21(18-10-7-11-24-12-18)27-28-23(29)32-14-19-13-31-22(26-19)25-15(3)30/h6-13H,4-5,14H2,1-3H3,(H,25,26,30). The Bertz CT molecular complexity index is 1200. The fraction of sp³-hybridized carbons (Fsp3) is 0.261. The molecule has 32 heavy (non-hydrogen) atoms. The van der Waals surface area contributed by atoms with Crippen LogP contribution in [-0.2, 0) is 23.4 Å². The molecule has 164 valence electrons. The molecule has 4 rings (SSSR count). The molecule has 3 aromatic heterocycles. The molecule has 0 atom stereocenters. The summed E-state index contributed by atoms with van der Waals surface area (Å²) in [5.74, 6) is 1.27. The van der Waals surface area contributed by atoms with Crippen LogP contribution in [0.15, 0.2) is 53.3 Å². The highest BCUT2D eigenvalue weighted by Gasteiger charge is 2.21. The Balaban J connectivity index is 1.75. The molecule has 1 N–H and O–H groups in total. The summed E-state index contributed by atoms with van der Waals surface area (Å²) >= 11 is 3.00. The Hall–Kier alpha value is -3.04. The summed E-state index contributed by atoms with van der Waals surface area (Å²) < 4.78 is 2.15. The Morgan fingerprint density at radius 3 is 2.56 bits per heavy atom. The number of pyridine rings is 1. The molecule has 3 heterocycles. The van der Waals surface area contributed by atoms with Gasteiger partial charge in [0, 0.05) is 36.0 Å². The van der Waals surface area contributed by atoms with E-state index in [1.165, 1.54) is 29.4 Å². The molecule has 0 aliphatic carbocycles. The highest BCUT2D eigenvalue weighted by molar-refractivity contribution is 7.98. The van der Waals surface area contributed by atoms with Crippen molar-refractivity contribution in [2.75, 3.05) is 5.32 Å². The van der Waals surface area contributed by atoms with E-state index in [2.05, 4.69) is 62.1 Å². The third-order valence-corrected chi connectivity index (χ3v) is 6.69. The van der Waals surface area contributed by atoms with Crippen molar-refractivity contribution in [3.8, 4) is 17.1 Å². The number of rotatable bonds is 8. The van der Waals surface area contributed by atoms with Crippen molar-refractivity contribution in [3.05, 3.63) is 64.9 Å². The highest BCUT2D eigenvalue weighted by atomic mass is 32.2. The number of aromatic nitrogens is 5. The summed E-state index contributed by atoms with van der Waals surface area (Å²) in [6, 6.07) is 10.3. The lowest BCUT2D eigenvalue weighted by atomic mass is 10.0. The lowest BCUT2D eigenvalue weighted by molar-refractivity contribution is -0.114. The number of thioether (sulfide) groups is 1. The van der Waals surface area contributed by atoms with Crippen LogP contribution in [0.4, 0.5) is 5.13 Å². The maximum absolute atomic E-state index is 11.3. The quantitative estimate of drug-likeness (QED) is 0.363. The van der Waals surface area contributed by atoms with Gasteiger partial charge in [-0.3, -0.25) is 14.3 Å². The van der Waals surface area contributed by atoms with Gasteiger partial charge in [-0.1, -0.05) is 43.8 Å². The number of nitrogens with zero attached hydrogens (tertiary/aromatic N) is 5. The molecule has 0 aliphatic rings. The van der Waals surface area contributed by atoms with E-state index in [1.807, 2.05) is 23.7 Å². The smallest absolute Gasteiger partial charge is 0.223 e. The first-order chi connectivity index (χ1) is 15.6. The zero-order valence-corrected chi connectivity index (χ0v) is 19.8. The fourth-order valence-corrected chi connectivity index (χ4v) is 5.16. The summed E-state index contributed by atoms with van der Waals surface area (Å²) in [4.78, 5) is 20.1. The van der Waals surface area contributed by atoms with Crippen molar-refractivity contribution in [1.29, 1.82) is 0 Å². The maximum Gasteiger partial charge on any atom is 0.223 e. The van der Waals surface area contributed by atoms with E-state index in [0.29, 0.717) is 10.9 Å². The number of thiazole rings is 1. The topological polar surface area (TPSA) is 85.6 Å². The number of carbonyl (C=O) groups is 1. The number of amides is 1. The third-order valence-electron chi connectivity index (χ3n) is 4.93. The average molecular weight is 465 g/mol. The molecular weight excluding hydrogens is 440 g/mol. The molecule has 9 heteroatoms. The van der Waals surface area contributed by atoms with E-state index in [9.17, 15) is 4.79 Å². The number of aryl methyl sites for hydroxylation is 2. The average Bonchev–Trinajstić information content (AvgIpc) is 3.43. The number of benzene rings is 1. The summed E-state index contributed by atoms with van der Waals surface area (Å²) in [7, 11) is 0. The molecule has 0 aliphatic heterocycles. The zero-order chi connectivity index (χ0) is 22.5. The molecule has 7 nitrogen and oxygen atoms in total. The molecule has 1 aromatic carbocycles. The third kappa shape index (κ3) is 4.73. The van der Waals surface area contributed by atoms with Crippen LogP contribution in [0.3, 0.4) is 0 Å². The minimum absolute atomic E-state index is 0.123. The number of nitrogens with one attached hydrogen (secondary N) is 1. The Kier molecular flexibility index (Phi) is 6.96. The van der Waals surface area contributed by atoms with Gasteiger partial charge in [0.2, 0.25) is 5.91 Å². The lowest BCUT2D eigenvalue weighted by Crippen LogP contribution is -2.07. The van der Waals surface area contributed by atoms with E-state index < -0.39 is 0 Å². The normalized spacial score (nSPS) is 11.0. The molecule has 4 aromatic rings. The molecular formula is C23H24N6OS2. The van der Waals surface area contributed by atoms with Crippen LogP contribution in [0, 0.1) is 0 Å². The van der Waals surface area contributed by atoms with E-state index in [1.54, 1.807) is 18.0 Å². The van der Waals surface area contributed by atoms with Crippen molar-refractivity contribution < 1.29 is 4.79 Å². The largest absolute Gasteiger partial charge is 0.302 e. The summed E-state index contributed by atoms with van der Waals surface area (Å²) in [6.45, 7) is 5.81. The molecule has 0 fully saturated rings. The van der Waals surface area contributed by atoms with Gasteiger partial charge in [-0.2, -0.15) is 0 Å². The Labute approximate surface area is 195 Å². The van der Waals surface area contributed by atoms with Crippen molar-refractivity contribution in [2.45, 2.75) is 44.5 Å². The second kappa shape index (κ2) is 10.1. The SMILES string of the molecule is CCc1cccc(CC)c1-n1c(SCc2csc(NC(C)=O)n2)nnc1-c1cccnc1. The first kappa shape index (κ1) is 22.2. The predicted octanol–water partition coefficient (Wildman–Crippen LogP) is 5.16. The fourth-order valence-electron chi connectivity index (χ4n) is 3.47. The monoisotopic (exact) mass is 464 g/mol. The van der Waals surface area contributed by atoms with Crippen LogP contribution >= 0.6 is 23.1 Å². The number of carbonyl (C=O) groups excluding carboxylic acids is 1. The van der Waals surface area contributed by atoms with Crippen LogP contribution in [0.1, 0.15) is 37.6 Å². The number of hydrogen-bond donors (Lipinski definition) is 1. The van der Waals surface area contributed by atoms with Crippen LogP contribution < -0.4 is 5.32 Å². The summed E-state index contributed by atoms with van der Waals surface area (Å²) in [6.07, 6.45) is 5.38. The Morgan fingerprint density at radius 2 is 1.91 bits per heavy atom. The van der Waals surface area contributed by atoms with Crippen LogP contribution in [0.25, 0.3) is 17.1 Å². The highest BCUT2D eigenvalue weighted by Crippen LogP contribution is 2.33. The molecule has 0 saturated carbocycles. The van der Waals surface area contributed by atoms with Gasteiger partial charge in [0.15, 0.2) is 16.1 Å². The van der Waals surface area contributed by atoms with E-state index in [4.69, 9.17) is 0 Å². The summed E-state index contributed by atoms with van der Waals surface area (Å²) in [5.41, 5.74) is 5.44. The molecule has 0 radical (unpaired) electrons. The summed E-state index contributed by atoms with van der Waals surface area (Å²) in [5, 5.41) is 15.2. The van der Waals surface area contributed by atoms with Crippen molar-refractivity contribution in [3.63, 3.8) is 0 Å². The predicted molar refractivity (Wildman–Crippen MR) is 129 cm³/mol. The lowest BCUT2D eigenvalue weighted by Gasteiger charge is -2.17. The molecule has 0 unspecified atom stereocenters. The molecule has 1 amide bonds. The van der Waals surface area contributed by atoms with E-state index in [-0.39, 0.29) is 5.91 Å². The van der Waals surface area contributed by atoms with Gasteiger partial charge in [-0.25, -0.2) is 4.98 Å². The van der Waals surface area contributed by atoms with Gasteiger partial charge >= 0.3 is 0 Å². The van der Waals surface area contributed by atoms with Crippen LogP contribution in [0.5, 0.6) is 0 Å². The molecule has 0 bridgehead atoms. The molecule has 0 spiro atoms. The Morgan fingerprint density at radius 1 is 1.12 bits per heavy atom. The minimum Gasteiger partial charge on any atom is -0.302 e. The van der Waals surface area contributed by atoms with Crippen molar-refractivity contribution in [1.82, 2.24) is 24.7 Å². The van der Waals surface area contributed by atoms with Crippen molar-refractivity contribution >= 4 is 34.1 Å². The second-order valence-corrected chi connectivity index (χ2v) is 8.93.